The largest absolute Gasteiger partial charge is 0.379 e. The van der Waals surface area contributed by atoms with Crippen molar-refractivity contribution in [1.29, 1.82) is 0 Å². The number of aryl methyl sites for hydroxylation is 1. The molecule has 7 heteroatoms. The maximum atomic E-state index is 12.2. The van der Waals surface area contributed by atoms with E-state index in [0.717, 1.165) is 57.6 Å². The van der Waals surface area contributed by atoms with E-state index in [1.165, 1.54) is 16.2 Å². The molecule has 126 valence electrons. The zero-order valence-corrected chi connectivity index (χ0v) is 14.0. The van der Waals surface area contributed by atoms with Crippen molar-refractivity contribution in [2.24, 2.45) is 5.73 Å². The monoisotopic (exact) mass is 337 g/mol. The zero-order valence-electron chi connectivity index (χ0n) is 13.2. The van der Waals surface area contributed by atoms with Gasteiger partial charge in [-0.2, -0.15) is 0 Å². The molecular formula is C16H23N3O3S. The summed E-state index contributed by atoms with van der Waals surface area (Å²) in [5, 5.41) is 3.55. The molecule has 1 saturated heterocycles. The third kappa shape index (κ3) is 3.91. The van der Waals surface area contributed by atoms with Gasteiger partial charge in [0.2, 0.25) is 5.91 Å². The number of hydrogen-bond donors (Lipinski definition) is 2. The summed E-state index contributed by atoms with van der Waals surface area (Å²) in [6.45, 7) is 3.91. The van der Waals surface area contributed by atoms with E-state index in [4.69, 9.17) is 10.5 Å². The average Bonchev–Trinajstić information content (AvgIpc) is 2.91. The summed E-state index contributed by atoms with van der Waals surface area (Å²) in [7, 11) is 0. The van der Waals surface area contributed by atoms with E-state index < -0.39 is 5.91 Å². The Bertz CT molecular complexity index is 594. The Hall–Kier alpha value is -1.44. The minimum absolute atomic E-state index is 0.0578. The van der Waals surface area contributed by atoms with Crippen molar-refractivity contribution in [1.82, 2.24) is 4.90 Å². The van der Waals surface area contributed by atoms with Gasteiger partial charge in [0.15, 0.2) is 0 Å². The van der Waals surface area contributed by atoms with Gasteiger partial charge in [0.25, 0.3) is 5.91 Å². The van der Waals surface area contributed by atoms with Crippen LogP contribution in [-0.4, -0.2) is 49.6 Å². The van der Waals surface area contributed by atoms with Gasteiger partial charge in [0, 0.05) is 30.9 Å². The number of rotatable bonds is 5. The Labute approximate surface area is 140 Å². The molecule has 0 unspecified atom stereocenters. The van der Waals surface area contributed by atoms with Crippen LogP contribution in [0.2, 0.25) is 0 Å². The molecule has 3 rings (SSSR count). The van der Waals surface area contributed by atoms with Crippen molar-refractivity contribution < 1.29 is 14.3 Å². The smallest absolute Gasteiger partial charge is 0.251 e. The van der Waals surface area contributed by atoms with E-state index in [0.29, 0.717) is 23.5 Å². The lowest BCUT2D eigenvalue weighted by molar-refractivity contribution is -0.116. The average molecular weight is 337 g/mol. The van der Waals surface area contributed by atoms with Crippen molar-refractivity contribution in [3.8, 4) is 0 Å². The molecule has 0 spiro atoms. The third-order valence-electron chi connectivity index (χ3n) is 4.43. The Balaban J connectivity index is 1.63. The van der Waals surface area contributed by atoms with E-state index in [1.54, 1.807) is 0 Å². The number of morpholine rings is 1. The lowest BCUT2D eigenvalue weighted by Crippen LogP contribution is -2.38. The number of nitrogens with two attached hydrogens (primary N) is 1. The Morgan fingerprint density at radius 3 is 2.70 bits per heavy atom. The fraction of sp³-hybridized carbons (Fsp3) is 0.625. The molecule has 2 amide bonds. The van der Waals surface area contributed by atoms with E-state index in [2.05, 4.69) is 10.2 Å². The molecule has 0 radical (unpaired) electrons. The topological polar surface area (TPSA) is 84.7 Å². The molecule has 1 fully saturated rings. The quantitative estimate of drug-likeness (QED) is 0.850. The molecule has 1 aromatic rings. The Kier molecular flexibility index (Phi) is 5.30. The van der Waals surface area contributed by atoms with Crippen LogP contribution in [0.1, 0.15) is 40.1 Å². The van der Waals surface area contributed by atoms with Gasteiger partial charge in [-0.05, 0) is 31.2 Å². The lowest BCUT2D eigenvalue weighted by Gasteiger charge is -2.26. The second kappa shape index (κ2) is 7.42. The molecule has 3 N–H and O–H groups in total. The van der Waals surface area contributed by atoms with Crippen molar-refractivity contribution in [2.75, 3.05) is 38.2 Å². The Morgan fingerprint density at radius 2 is 1.96 bits per heavy atom. The van der Waals surface area contributed by atoms with Crippen LogP contribution in [0.4, 0.5) is 5.00 Å². The van der Waals surface area contributed by atoms with Gasteiger partial charge < -0.3 is 15.8 Å². The van der Waals surface area contributed by atoms with E-state index in [1.807, 2.05) is 0 Å². The number of carbonyl (C=O) groups excluding carboxylic acids is 2. The number of anilines is 1. The predicted molar refractivity (Wildman–Crippen MR) is 90.0 cm³/mol. The van der Waals surface area contributed by atoms with Crippen LogP contribution < -0.4 is 11.1 Å². The highest BCUT2D eigenvalue weighted by Gasteiger charge is 2.25. The van der Waals surface area contributed by atoms with Crippen LogP contribution in [-0.2, 0) is 22.4 Å². The number of ether oxygens (including phenoxy) is 1. The molecule has 2 aliphatic rings. The number of fused-ring (bicyclic) bond motifs is 1. The normalized spacial score (nSPS) is 18.4. The summed E-state index contributed by atoms with van der Waals surface area (Å²) in [5.74, 6) is -0.495. The van der Waals surface area contributed by atoms with Crippen molar-refractivity contribution >= 4 is 28.2 Å². The summed E-state index contributed by atoms with van der Waals surface area (Å²) in [5.41, 5.74) is 7.13. The van der Waals surface area contributed by atoms with Gasteiger partial charge in [-0.15, -0.1) is 11.3 Å². The van der Waals surface area contributed by atoms with Gasteiger partial charge in [-0.1, -0.05) is 0 Å². The fourth-order valence-corrected chi connectivity index (χ4v) is 4.50. The predicted octanol–water partition coefficient (Wildman–Crippen LogP) is 1.39. The van der Waals surface area contributed by atoms with E-state index >= 15 is 0 Å². The maximum Gasteiger partial charge on any atom is 0.251 e. The third-order valence-corrected chi connectivity index (χ3v) is 5.64. The van der Waals surface area contributed by atoms with Crippen molar-refractivity contribution in [3.05, 3.63) is 16.0 Å². The van der Waals surface area contributed by atoms with Crippen LogP contribution in [0.5, 0.6) is 0 Å². The fourth-order valence-electron chi connectivity index (χ4n) is 3.19. The number of amides is 2. The maximum absolute atomic E-state index is 12.2. The molecule has 0 bridgehead atoms. The van der Waals surface area contributed by atoms with Gasteiger partial charge in [0.05, 0.1) is 18.8 Å². The van der Waals surface area contributed by atoms with Crippen LogP contribution in [0, 0.1) is 0 Å². The molecule has 0 saturated carbocycles. The van der Waals surface area contributed by atoms with Gasteiger partial charge in [-0.25, -0.2) is 0 Å². The second-order valence-corrected chi connectivity index (χ2v) is 7.14. The molecule has 1 aromatic heterocycles. The van der Waals surface area contributed by atoms with Gasteiger partial charge in [-0.3, -0.25) is 14.5 Å². The first kappa shape index (κ1) is 16.4. The number of nitrogens with one attached hydrogen (secondary N) is 1. The number of thiophene rings is 1. The van der Waals surface area contributed by atoms with Crippen LogP contribution in [0.15, 0.2) is 0 Å². The first-order valence-electron chi connectivity index (χ1n) is 8.19. The highest BCUT2D eigenvalue weighted by molar-refractivity contribution is 7.17. The molecule has 0 atom stereocenters. The first-order valence-corrected chi connectivity index (χ1v) is 9.01. The number of carbonyl (C=O) groups is 2. The summed E-state index contributed by atoms with van der Waals surface area (Å²) >= 11 is 1.51. The van der Waals surface area contributed by atoms with Crippen molar-refractivity contribution in [2.45, 2.75) is 32.1 Å². The van der Waals surface area contributed by atoms with Gasteiger partial charge >= 0.3 is 0 Å². The highest BCUT2D eigenvalue weighted by atomic mass is 32.1. The number of hydrogen-bond acceptors (Lipinski definition) is 5. The second-order valence-electron chi connectivity index (χ2n) is 6.03. The summed E-state index contributed by atoms with van der Waals surface area (Å²) in [6, 6.07) is 0. The summed E-state index contributed by atoms with van der Waals surface area (Å²) in [4.78, 5) is 27.4. The number of primary amides is 1. The van der Waals surface area contributed by atoms with Crippen LogP contribution in [0.25, 0.3) is 0 Å². The SMILES string of the molecule is NC(=O)c1c(NC(=O)CCN2CCOCC2)sc2c1CCCC2. The molecule has 1 aliphatic carbocycles. The molecule has 0 aromatic carbocycles. The zero-order chi connectivity index (χ0) is 16.2. The summed E-state index contributed by atoms with van der Waals surface area (Å²) in [6.07, 6.45) is 4.49. The minimum atomic E-state index is -0.437. The minimum Gasteiger partial charge on any atom is -0.379 e. The number of nitrogens with zero attached hydrogens (tertiary/aromatic N) is 1. The lowest BCUT2D eigenvalue weighted by atomic mass is 9.95. The van der Waals surface area contributed by atoms with Crippen LogP contribution in [0.3, 0.4) is 0 Å². The molecule has 2 heterocycles. The molecule has 6 nitrogen and oxygen atoms in total. The van der Waals surface area contributed by atoms with Crippen LogP contribution >= 0.6 is 11.3 Å². The van der Waals surface area contributed by atoms with E-state index in [9.17, 15) is 9.59 Å². The molecular weight excluding hydrogens is 314 g/mol. The molecule has 1 aliphatic heterocycles. The highest BCUT2D eigenvalue weighted by Crippen LogP contribution is 2.37. The molecule has 23 heavy (non-hydrogen) atoms. The standard InChI is InChI=1S/C16H23N3O3S/c17-15(21)14-11-3-1-2-4-12(11)23-16(14)18-13(20)5-6-19-7-9-22-10-8-19/h1-10H2,(H2,17,21)(H,18,20). The van der Waals surface area contributed by atoms with E-state index in [-0.39, 0.29) is 5.91 Å². The first-order chi connectivity index (χ1) is 11.1. The summed E-state index contributed by atoms with van der Waals surface area (Å²) < 4.78 is 5.30. The Morgan fingerprint density at radius 1 is 1.22 bits per heavy atom. The van der Waals surface area contributed by atoms with Crippen molar-refractivity contribution in [3.63, 3.8) is 0 Å². The van der Waals surface area contributed by atoms with Gasteiger partial charge in [0.1, 0.15) is 5.00 Å².